The average Bonchev–Trinajstić information content (AvgIpc) is 2.89. The predicted molar refractivity (Wildman–Crippen MR) is 144 cm³/mol. The lowest BCUT2D eigenvalue weighted by Crippen LogP contribution is -2.25. The maximum Gasteiger partial charge on any atom is 0.330 e. The monoisotopic (exact) mass is 526 g/mol. The molecule has 2 aromatic rings. The molecule has 0 aliphatic rings. The molecule has 0 fully saturated rings. The molecule has 0 bridgehead atoms. The van der Waals surface area contributed by atoms with Gasteiger partial charge in [-0.15, -0.1) is 0 Å². The van der Waals surface area contributed by atoms with Crippen molar-refractivity contribution in [3.8, 4) is 11.5 Å². The van der Waals surface area contributed by atoms with E-state index >= 15 is 0 Å². The van der Waals surface area contributed by atoms with E-state index in [4.69, 9.17) is 18.9 Å². The van der Waals surface area contributed by atoms with E-state index in [0.29, 0.717) is 11.5 Å². The van der Waals surface area contributed by atoms with Crippen LogP contribution in [0.1, 0.15) is 38.8 Å². The van der Waals surface area contributed by atoms with Crippen molar-refractivity contribution in [2.75, 3.05) is 26.4 Å². The Bertz CT molecular complexity index is 1050. The molecule has 8 heteroatoms. The van der Waals surface area contributed by atoms with Crippen LogP contribution in [0.15, 0.2) is 72.8 Å². The van der Waals surface area contributed by atoms with Crippen LogP contribution in [0.25, 0.3) is 0 Å². The number of aliphatic hydroxyl groups excluding tert-OH is 2. The van der Waals surface area contributed by atoms with Gasteiger partial charge < -0.3 is 29.2 Å². The lowest BCUT2D eigenvalue weighted by Gasteiger charge is -2.26. The molecule has 0 amide bonds. The number of ether oxygens (including phenoxy) is 4. The molecule has 0 spiro atoms. The first-order chi connectivity index (χ1) is 18.1. The largest absolute Gasteiger partial charge is 0.491 e. The quantitative estimate of drug-likeness (QED) is 0.265. The first kappa shape index (κ1) is 30.6. The number of carbonyl (C=O) groups excluding carboxylic acids is 2. The second-order valence-corrected chi connectivity index (χ2v) is 9.42. The van der Waals surface area contributed by atoms with Crippen LogP contribution in [0.4, 0.5) is 0 Å². The Morgan fingerprint density at radius 1 is 0.737 bits per heavy atom. The number of esters is 2. The van der Waals surface area contributed by atoms with Crippen LogP contribution in [0, 0.1) is 0 Å². The van der Waals surface area contributed by atoms with Gasteiger partial charge in [-0.3, -0.25) is 0 Å². The van der Waals surface area contributed by atoms with Crippen molar-refractivity contribution in [2.24, 2.45) is 0 Å². The zero-order valence-corrected chi connectivity index (χ0v) is 22.5. The average molecular weight is 527 g/mol. The van der Waals surface area contributed by atoms with Gasteiger partial charge in [0.15, 0.2) is 0 Å². The lowest BCUT2D eigenvalue weighted by molar-refractivity contribution is -0.142. The van der Waals surface area contributed by atoms with E-state index < -0.39 is 24.1 Å². The number of benzene rings is 2. The second-order valence-electron chi connectivity index (χ2n) is 9.42. The predicted octanol–water partition coefficient (Wildman–Crippen LogP) is 3.92. The van der Waals surface area contributed by atoms with Gasteiger partial charge in [-0.2, -0.15) is 0 Å². The molecule has 2 unspecified atom stereocenters. The fourth-order valence-electron chi connectivity index (χ4n) is 3.52. The molecule has 2 aromatic carbocycles. The van der Waals surface area contributed by atoms with Gasteiger partial charge >= 0.3 is 11.9 Å². The summed E-state index contributed by atoms with van der Waals surface area (Å²) < 4.78 is 21.0. The summed E-state index contributed by atoms with van der Waals surface area (Å²) in [5.74, 6) is 0.230. The number of rotatable bonds is 15. The molecular weight excluding hydrogens is 488 g/mol. The maximum absolute atomic E-state index is 11.3. The number of hydrogen-bond acceptors (Lipinski definition) is 8. The first-order valence-electron chi connectivity index (χ1n) is 12.5. The highest BCUT2D eigenvalue weighted by molar-refractivity contribution is 5.82. The van der Waals surface area contributed by atoms with E-state index in [9.17, 15) is 19.8 Å². The zero-order valence-electron chi connectivity index (χ0n) is 22.5. The number of allylic oxidation sites excluding steroid dienone is 2. The molecule has 2 rings (SSSR count). The molecule has 0 aliphatic carbocycles. The van der Waals surface area contributed by atoms with Crippen LogP contribution < -0.4 is 9.47 Å². The molecule has 0 aromatic heterocycles. The summed E-state index contributed by atoms with van der Waals surface area (Å²) in [5.41, 5.74) is 2.09. The van der Waals surface area contributed by atoms with Crippen molar-refractivity contribution in [3.05, 3.63) is 84.0 Å². The lowest BCUT2D eigenvalue weighted by atomic mass is 9.79. The van der Waals surface area contributed by atoms with Gasteiger partial charge in [0.2, 0.25) is 0 Å². The van der Waals surface area contributed by atoms with Crippen LogP contribution in [0.2, 0.25) is 0 Å². The minimum absolute atomic E-state index is 0.0126. The van der Waals surface area contributed by atoms with Crippen molar-refractivity contribution in [3.63, 3.8) is 0 Å². The van der Waals surface area contributed by atoms with Crippen molar-refractivity contribution in [1.82, 2.24) is 0 Å². The molecule has 2 N–H and O–H groups in total. The van der Waals surface area contributed by atoms with E-state index in [2.05, 4.69) is 13.8 Å². The third kappa shape index (κ3) is 11.2. The van der Waals surface area contributed by atoms with Gasteiger partial charge in [0.05, 0.1) is 0 Å². The van der Waals surface area contributed by atoms with E-state index in [-0.39, 0.29) is 31.8 Å². The van der Waals surface area contributed by atoms with Crippen molar-refractivity contribution in [1.29, 1.82) is 0 Å². The number of hydrogen-bond donors (Lipinski definition) is 2. The smallest absolute Gasteiger partial charge is 0.330 e. The highest BCUT2D eigenvalue weighted by Gasteiger charge is 2.21. The molecule has 0 heterocycles. The normalized spacial score (nSPS) is 13.3. The summed E-state index contributed by atoms with van der Waals surface area (Å²) >= 11 is 0. The molecule has 0 saturated carbocycles. The summed E-state index contributed by atoms with van der Waals surface area (Å²) in [6.45, 7) is 7.49. The number of aliphatic hydroxyl groups is 2. The van der Waals surface area contributed by atoms with Gasteiger partial charge in [-0.05, 0) is 61.1 Å². The Morgan fingerprint density at radius 2 is 1.16 bits per heavy atom. The van der Waals surface area contributed by atoms with Crippen LogP contribution in [0.5, 0.6) is 11.5 Å². The van der Waals surface area contributed by atoms with Gasteiger partial charge in [-0.25, -0.2) is 9.59 Å². The summed E-state index contributed by atoms with van der Waals surface area (Å²) in [4.78, 5) is 22.6. The van der Waals surface area contributed by atoms with E-state index in [1.165, 1.54) is 12.2 Å². The van der Waals surface area contributed by atoms with E-state index in [0.717, 1.165) is 17.5 Å². The molecule has 0 saturated heterocycles. The Morgan fingerprint density at radius 3 is 1.58 bits per heavy atom. The van der Waals surface area contributed by atoms with Crippen molar-refractivity contribution in [2.45, 2.75) is 51.7 Å². The summed E-state index contributed by atoms with van der Waals surface area (Å²) in [6.07, 6.45) is 4.67. The minimum Gasteiger partial charge on any atom is -0.491 e. The standard InChI is InChI=1S/C30H38O8/c1-5-7-28(33)37-20-24(31)18-35-26-13-9-22(10-14-26)17-30(3,4)23-11-15-27(16-12-23)36-19-25(32)21-38-29(34)8-6-2/h5-16,24-25,31-32H,17-21H2,1-4H3. The maximum atomic E-state index is 11.3. The molecule has 2 atom stereocenters. The number of carbonyl (C=O) groups is 2. The highest BCUT2D eigenvalue weighted by atomic mass is 16.6. The molecular formula is C30H38O8. The first-order valence-corrected chi connectivity index (χ1v) is 12.5. The molecule has 38 heavy (non-hydrogen) atoms. The SMILES string of the molecule is CC=CC(=O)OCC(O)COc1ccc(CC(C)(C)c2ccc(OCC(O)COC(=O)C=CC)cc2)cc1. The Kier molecular flexibility index (Phi) is 12.6. The van der Waals surface area contributed by atoms with E-state index in [1.807, 2.05) is 48.5 Å². The Labute approximate surface area is 224 Å². The summed E-state index contributed by atoms with van der Waals surface area (Å²) in [7, 11) is 0. The fourth-order valence-corrected chi connectivity index (χ4v) is 3.52. The molecule has 0 aliphatic heterocycles. The Balaban J connectivity index is 1.81. The zero-order chi connectivity index (χ0) is 28.0. The second kappa shape index (κ2) is 15.6. The van der Waals surface area contributed by atoms with Crippen molar-refractivity contribution < 1.29 is 38.7 Å². The summed E-state index contributed by atoms with van der Waals surface area (Å²) in [6, 6.07) is 15.4. The topological polar surface area (TPSA) is 112 Å². The molecule has 206 valence electrons. The summed E-state index contributed by atoms with van der Waals surface area (Å²) in [5, 5.41) is 19.9. The van der Waals surface area contributed by atoms with E-state index in [1.54, 1.807) is 26.0 Å². The third-order valence-electron chi connectivity index (χ3n) is 5.53. The van der Waals surface area contributed by atoms with Crippen LogP contribution in [-0.4, -0.2) is 60.8 Å². The van der Waals surface area contributed by atoms with Crippen LogP contribution in [-0.2, 0) is 30.9 Å². The van der Waals surface area contributed by atoms with Gasteiger partial charge in [0, 0.05) is 12.2 Å². The van der Waals surface area contributed by atoms with Gasteiger partial charge in [0.25, 0.3) is 0 Å². The third-order valence-corrected chi connectivity index (χ3v) is 5.53. The van der Waals surface area contributed by atoms with Crippen molar-refractivity contribution >= 4 is 11.9 Å². The highest BCUT2D eigenvalue weighted by Crippen LogP contribution is 2.30. The minimum atomic E-state index is -0.920. The van der Waals surface area contributed by atoms with Gasteiger partial charge in [0.1, 0.15) is 50.1 Å². The van der Waals surface area contributed by atoms with Crippen LogP contribution in [0.3, 0.4) is 0 Å². The fraction of sp³-hybridized carbons (Fsp3) is 0.400. The molecule has 0 radical (unpaired) electrons. The van der Waals surface area contributed by atoms with Gasteiger partial charge in [-0.1, -0.05) is 50.3 Å². The van der Waals surface area contributed by atoms with Crippen LogP contribution >= 0.6 is 0 Å². The Hall–Kier alpha value is -3.62. The molecule has 8 nitrogen and oxygen atoms in total.